The molecule has 0 aliphatic heterocycles. The number of aromatic nitrogens is 3. The fourth-order valence-corrected chi connectivity index (χ4v) is 2.50. The molecule has 0 amide bonds. The largest absolute Gasteiger partial charge is 0.325 e. The van der Waals surface area contributed by atoms with Gasteiger partial charge in [0.05, 0.1) is 17.9 Å². The maximum atomic E-state index is 12.9. The van der Waals surface area contributed by atoms with E-state index in [-0.39, 0.29) is 5.82 Å². The summed E-state index contributed by atoms with van der Waals surface area (Å²) in [6.07, 6.45) is 2.06. The lowest BCUT2D eigenvalue weighted by Crippen LogP contribution is -2.12. The van der Waals surface area contributed by atoms with E-state index >= 15 is 0 Å². The molecule has 4 nitrogen and oxygen atoms in total. The zero-order valence-corrected chi connectivity index (χ0v) is 12.0. The number of nitrogens with zero attached hydrogens (tertiary/aromatic N) is 3. The molecule has 20 heavy (non-hydrogen) atoms. The Balaban J connectivity index is 2.31. The van der Waals surface area contributed by atoms with Gasteiger partial charge in [-0.05, 0) is 30.5 Å². The third-order valence-electron chi connectivity index (χ3n) is 3.66. The molecule has 0 bridgehead atoms. The second kappa shape index (κ2) is 6.61. The lowest BCUT2D eigenvalue weighted by molar-refractivity contribution is 0.540. The molecular weight excluding hydrogens is 255 g/mol. The van der Waals surface area contributed by atoms with Gasteiger partial charge in [0, 0.05) is 12.5 Å². The lowest BCUT2D eigenvalue weighted by atomic mass is 9.97. The van der Waals surface area contributed by atoms with Crippen molar-refractivity contribution in [2.75, 3.05) is 0 Å². The van der Waals surface area contributed by atoms with Gasteiger partial charge < -0.3 is 5.73 Å². The van der Waals surface area contributed by atoms with Gasteiger partial charge in [-0.15, -0.1) is 5.10 Å². The van der Waals surface area contributed by atoms with Crippen LogP contribution in [-0.2, 0) is 13.1 Å². The first-order chi connectivity index (χ1) is 9.69. The summed E-state index contributed by atoms with van der Waals surface area (Å²) in [5.74, 6) is 0.180. The molecule has 108 valence electrons. The number of rotatable bonds is 6. The average Bonchev–Trinajstić information content (AvgIpc) is 2.86. The molecule has 0 saturated heterocycles. The molecule has 0 saturated carbocycles. The fraction of sp³-hybridized carbons (Fsp3) is 0.467. The van der Waals surface area contributed by atoms with Gasteiger partial charge in [0.2, 0.25) is 0 Å². The van der Waals surface area contributed by atoms with Gasteiger partial charge in [-0.2, -0.15) is 0 Å². The van der Waals surface area contributed by atoms with E-state index in [0.29, 0.717) is 19.0 Å². The molecule has 0 spiro atoms. The van der Waals surface area contributed by atoms with Gasteiger partial charge in [-0.3, -0.25) is 0 Å². The highest BCUT2D eigenvalue weighted by atomic mass is 19.1. The number of hydrogen-bond donors (Lipinski definition) is 1. The summed E-state index contributed by atoms with van der Waals surface area (Å²) in [6, 6.07) is 6.48. The van der Waals surface area contributed by atoms with Crippen LogP contribution >= 0.6 is 0 Å². The fourth-order valence-electron chi connectivity index (χ4n) is 2.50. The van der Waals surface area contributed by atoms with E-state index in [0.717, 1.165) is 29.8 Å². The van der Waals surface area contributed by atoms with E-state index in [1.54, 1.807) is 12.1 Å². The van der Waals surface area contributed by atoms with Crippen LogP contribution in [0.1, 0.15) is 49.6 Å². The van der Waals surface area contributed by atoms with Crippen molar-refractivity contribution in [1.82, 2.24) is 15.0 Å². The van der Waals surface area contributed by atoms with Crippen molar-refractivity contribution in [3.8, 4) is 0 Å². The molecule has 2 N–H and O–H groups in total. The number of nitrogens with two attached hydrogens (primary N) is 1. The molecule has 1 aromatic heterocycles. The molecule has 0 atom stereocenters. The molecule has 1 heterocycles. The van der Waals surface area contributed by atoms with E-state index in [2.05, 4.69) is 24.2 Å². The van der Waals surface area contributed by atoms with Gasteiger partial charge in [-0.25, -0.2) is 9.07 Å². The monoisotopic (exact) mass is 276 g/mol. The third kappa shape index (κ3) is 3.04. The zero-order chi connectivity index (χ0) is 14.5. The van der Waals surface area contributed by atoms with E-state index in [1.807, 2.05) is 4.68 Å². The van der Waals surface area contributed by atoms with E-state index in [1.165, 1.54) is 12.1 Å². The van der Waals surface area contributed by atoms with Crippen LogP contribution in [0, 0.1) is 5.82 Å². The van der Waals surface area contributed by atoms with Gasteiger partial charge >= 0.3 is 0 Å². The minimum absolute atomic E-state index is 0.227. The first-order valence-corrected chi connectivity index (χ1v) is 7.06. The minimum Gasteiger partial charge on any atom is -0.325 e. The molecule has 5 heteroatoms. The first kappa shape index (κ1) is 14.7. The number of halogens is 1. The van der Waals surface area contributed by atoms with Crippen molar-refractivity contribution >= 4 is 0 Å². The Morgan fingerprint density at radius 3 is 2.40 bits per heavy atom. The summed E-state index contributed by atoms with van der Waals surface area (Å²) >= 11 is 0. The third-order valence-corrected chi connectivity index (χ3v) is 3.66. The maximum absolute atomic E-state index is 12.9. The van der Waals surface area contributed by atoms with Gasteiger partial charge in [0.15, 0.2) is 0 Å². The van der Waals surface area contributed by atoms with Crippen LogP contribution in [0.5, 0.6) is 0 Å². The Labute approximate surface area is 118 Å². The van der Waals surface area contributed by atoms with Crippen LogP contribution in [0.2, 0.25) is 0 Å². The van der Waals surface area contributed by atoms with Crippen molar-refractivity contribution in [3.63, 3.8) is 0 Å². The smallest absolute Gasteiger partial charge is 0.123 e. The number of benzene rings is 1. The molecule has 2 rings (SSSR count). The summed E-state index contributed by atoms with van der Waals surface area (Å²) < 4.78 is 14.8. The summed E-state index contributed by atoms with van der Waals surface area (Å²) in [5, 5.41) is 8.39. The summed E-state index contributed by atoms with van der Waals surface area (Å²) in [7, 11) is 0. The topological polar surface area (TPSA) is 56.7 Å². The maximum Gasteiger partial charge on any atom is 0.123 e. The highest BCUT2D eigenvalue weighted by molar-refractivity contribution is 5.20. The van der Waals surface area contributed by atoms with Crippen molar-refractivity contribution in [3.05, 3.63) is 47.0 Å². The number of hydrogen-bond acceptors (Lipinski definition) is 3. The van der Waals surface area contributed by atoms with Crippen molar-refractivity contribution in [2.45, 2.75) is 45.7 Å². The van der Waals surface area contributed by atoms with Crippen LogP contribution in [-0.4, -0.2) is 15.0 Å². The Bertz CT molecular complexity index is 544. The van der Waals surface area contributed by atoms with Crippen molar-refractivity contribution < 1.29 is 4.39 Å². The molecular formula is C15H21FN4. The van der Waals surface area contributed by atoms with Gasteiger partial charge in [-0.1, -0.05) is 31.2 Å². The lowest BCUT2D eigenvalue weighted by Gasteiger charge is -2.16. The first-order valence-electron chi connectivity index (χ1n) is 7.06. The van der Waals surface area contributed by atoms with Crippen LogP contribution in [0.3, 0.4) is 0 Å². The van der Waals surface area contributed by atoms with Crippen LogP contribution in [0.25, 0.3) is 0 Å². The molecule has 1 aromatic carbocycles. The van der Waals surface area contributed by atoms with E-state index in [9.17, 15) is 4.39 Å². The second-order valence-corrected chi connectivity index (χ2v) is 4.92. The Kier molecular flexibility index (Phi) is 4.84. The molecule has 0 radical (unpaired) electrons. The summed E-state index contributed by atoms with van der Waals surface area (Å²) in [5.41, 5.74) is 8.74. The summed E-state index contributed by atoms with van der Waals surface area (Å²) in [4.78, 5) is 0. The van der Waals surface area contributed by atoms with E-state index < -0.39 is 0 Å². The average molecular weight is 276 g/mol. The van der Waals surface area contributed by atoms with Gasteiger partial charge in [0.1, 0.15) is 5.82 Å². The molecule has 2 aromatic rings. The second-order valence-electron chi connectivity index (χ2n) is 4.92. The molecule has 0 aliphatic rings. The highest BCUT2D eigenvalue weighted by Crippen LogP contribution is 2.25. The SMILES string of the molecule is CCC(CC)c1c(CN)nnn1Cc1ccc(F)cc1. The Morgan fingerprint density at radius 1 is 1.20 bits per heavy atom. The van der Waals surface area contributed by atoms with Crippen LogP contribution in [0.15, 0.2) is 24.3 Å². The van der Waals surface area contributed by atoms with Crippen LogP contribution in [0.4, 0.5) is 4.39 Å². The van der Waals surface area contributed by atoms with Crippen molar-refractivity contribution in [2.24, 2.45) is 5.73 Å². The molecule has 0 aliphatic carbocycles. The Morgan fingerprint density at radius 2 is 1.85 bits per heavy atom. The summed E-state index contributed by atoms with van der Waals surface area (Å²) in [6.45, 7) is 5.31. The predicted molar refractivity (Wildman–Crippen MR) is 76.7 cm³/mol. The quantitative estimate of drug-likeness (QED) is 0.882. The minimum atomic E-state index is -0.227. The molecule has 0 fully saturated rings. The van der Waals surface area contributed by atoms with Gasteiger partial charge in [0.25, 0.3) is 0 Å². The van der Waals surface area contributed by atoms with Crippen molar-refractivity contribution in [1.29, 1.82) is 0 Å². The zero-order valence-electron chi connectivity index (χ0n) is 12.0. The highest BCUT2D eigenvalue weighted by Gasteiger charge is 2.19. The predicted octanol–water partition coefficient (Wildman–Crippen LogP) is 2.83. The van der Waals surface area contributed by atoms with Crippen LogP contribution < -0.4 is 5.73 Å². The standard InChI is InChI=1S/C15H21FN4/c1-3-12(4-2)15-14(9-17)18-19-20(15)10-11-5-7-13(16)8-6-11/h5-8,12H,3-4,9-10,17H2,1-2H3. The van der Waals surface area contributed by atoms with E-state index in [4.69, 9.17) is 5.73 Å². The normalized spacial score (nSPS) is 11.2. The Hall–Kier alpha value is -1.75. The molecule has 0 unspecified atom stereocenters.